The normalized spacial score (nSPS) is 16.8. The van der Waals surface area contributed by atoms with Crippen molar-refractivity contribution in [2.45, 2.75) is 13.0 Å². The van der Waals surface area contributed by atoms with E-state index in [-0.39, 0.29) is 11.9 Å². The van der Waals surface area contributed by atoms with Crippen molar-refractivity contribution in [2.24, 2.45) is 0 Å². The minimum absolute atomic E-state index is 0.0899. The highest BCUT2D eigenvalue weighted by Crippen LogP contribution is 2.38. The van der Waals surface area contributed by atoms with Gasteiger partial charge in [0.1, 0.15) is 15.8 Å². The summed E-state index contributed by atoms with van der Waals surface area (Å²) in [5, 5.41) is 0. The summed E-state index contributed by atoms with van der Waals surface area (Å²) in [6.45, 7) is 1.99. The fraction of sp³-hybridized carbons (Fsp3) is 0.0909. The molecule has 3 nitrogen and oxygen atoms in total. The van der Waals surface area contributed by atoms with Gasteiger partial charge in [-0.15, -0.1) is 0 Å². The van der Waals surface area contributed by atoms with Gasteiger partial charge in [0.25, 0.3) is 5.91 Å². The van der Waals surface area contributed by atoms with Crippen LogP contribution in [-0.2, 0) is 4.79 Å². The fourth-order valence-electron chi connectivity index (χ4n) is 3.02. The monoisotopic (exact) mass is 469 g/mol. The van der Waals surface area contributed by atoms with Crippen molar-refractivity contribution in [3.05, 3.63) is 87.4 Å². The zero-order valence-corrected chi connectivity index (χ0v) is 18.2. The van der Waals surface area contributed by atoms with Crippen molar-refractivity contribution in [2.75, 3.05) is 0 Å². The molecule has 2 heterocycles. The van der Waals surface area contributed by atoms with Gasteiger partial charge in [-0.1, -0.05) is 82.4 Å². The number of carbonyl (C=O) groups excluding carboxylic acids is 1. The van der Waals surface area contributed by atoms with Crippen LogP contribution in [0, 0.1) is 0 Å². The van der Waals surface area contributed by atoms with E-state index >= 15 is 0 Å². The second-order valence-corrected chi connectivity index (χ2v) is 8.94. The quantitative estimate of drug-likeness (QED) is 0.315. The highest BCUT2D eigenvalue weighted by Gasteiger charge is 2.36. The predicted molar refractivity (Wildman–Crippen MR) is 122 cm³/mol. The lowest BCUT2D eigenvalue weighted by atomic mass is 10.1. The fourth-order valence-corrected chi connectivity index (χ4v) is 4.69. The number of rotatable bonds is 4. The largest absolute Gasteiger partial charge is 0.457 e. The van der Waals surface area contributed by atoms with E-state index in [0.717, 1.165) is 21.4 Å². The van der Waals surface area contributed by atoms with Crippen LogP contribution in [0.2, 0.25) is 0 Å². The number of hydrogen-bond donors (Lipinski definition) is 0. The van der Waals surface area contributed by atoms with Crippen molar-refractivity contribution < 1.29 is 9.21 Å². The molecule has 3 aromatic rings. The van der Waals surface area contributed by atoms with E-state index in [4.69, 9.17) is 16.6 Å². The molecule has 0 N–H and O–H groups in total. The standard InChI is InChI=1S/C22H16BrNO2S2/c1-14(15-5-3-2-4-6-15)24-21(25)20(28-22(24)27)13-18-11-12-19(26-18)16-7-9-17(23)10-8-16/h2-14H,1H3. The molecule has 4 rings (SSSR count). The molecule has 1 fully saturated rings. The zero-order valence-electron chi connectivity index (χ0n) is 15.0. The average Bonchev–Trinajstić information content (AvgIpc) is 3.27. The molecule has 1 aliphatic heterocycles. The van der Waals surface area contributed by atoms with Gasteiger partial charge in [0, 0.05) is 16.1 Å². The lowest BCUT2D eigenvalue weighted by Crippen LogP contribution is -2.30. The highest BCUT2D eigenvalue weighted by atomic mass is 79.9. The molecule has 1 aromatic heterocycles. The number of thioether (sulfide) groups is 1. The van der Waals surface area contributed by atoms with Crippen LogP contribution in [0.25, 0.3) is 17.4 Å². The molecule has 0 spiro atoms. The third kappa shape index (κ3) is 3.85. The molecule has 1 aliphatic rings. The van der Waals surface area contributed by atoms with Crippen molar-refractivity contribution in [1.29, 1.82) is 0 Å². The van der Waals surface area contributed by atoms with Crippen LogP contribution >= 0.6 is 39.9 Å². The van der Waals surface area contributed by atoms with E-state index in [1.54, 1.807) is 11.0 Å². The maximum absolute atomic E-state index is 13.0. The predicted octanol–water partition coefficient (Wildman–Crippen LogP) is 6.67. The molecular formula is C22H16BrNO2S2. The Balaban J connectivity index is 1.57. The van der Waals surface area contributed by atoms with Crippen LogP contribution < -0.4 is 0 Å². The third-order valence-corrected chi connectivity index (χ3v) is 6.38. The number of halogens is 1. The minimum Gasteiger partial charge on any atom is -0.457 e. The summed E-state index contributed by atoms with van der Waals surface area (Å²) in [7, 11) is 0. The maximum Gasteiger partial charge on any atom is 0.266 e. The molecule has 1 saturated heterocycles. The molecule has 0 saturated carbocycles. The summed E-state index contributed by atoms with van der Waals surface area (Å²) in [6, 6.07) is 21.4. The number of nitrogens with zero attached hydrogens (tertiary/aromatic N) is 1. The van der Waals surface area contributed by atoms with Crippen LogP contribution in [0.4, 0.5) is 0 Å². The van der Waals surface area contributed by atoms with E-state index < -0.39 is 0 Å². The second-order valence-electron chi connectivity index (χ2n) is 6.35. The summed E-state index contributed by atoms with van der Waals surface area (Å²) in [4.78, 5) is 15.2. The van der Waals surface area contributed by atoms with Crippen molar-refractivity contribution in [1.82, 2.24) is 4.90 Å². The highest BCUT2D eigenvalue weighted by molar-refractivity contribution is 9.10. The van der Waals surface area contributed by atoms with Crippen LogP contribution in [0.1, 0.15) is 24.3 Å². The number of amides is 1. The topological polar surface area (TPSA) is 33.5 Å². The first-order chi connectivity index (χ1) is 13.5. The van der Waals surface area contributed by atoms with Crippen LogP contribution in [0.15, 0.2) is 80.5 Å². The summed E-state index contributed by atoms with van der Waals surface area (Å²) in [5.41, 5.74) is 2.03. The summed E-state index contributed by atoms with van der Waals surface area (Å²) >= 11 is 10.2. The van der Waals surface area contributed by atoms with Gasteiger partial charge in [-0.05, 0) is 36.8 Å². The number of carbonyl (C=O) groups is 1. The number of benzene rings is 2. The van der Waals surface area contributed by atoms with Crippen LogP contribution in [0.3, 0.4) is 0 Å². The SMILES string of the molecule is CC(c1ccccc1)N1C(=O)C(=Cc2ccc(-c3ccc(Br)cc3)o2)SC1=S. The van der Waals surface area contributed by atoms with Gasteiger partial charge in [0.2, 0.25) is 0 Å². The smallest absolute Gasteiger partial charge is 0.266 e. The summed E-state index contributed by atoms with van der Waals surface area (Å²) in [6.07, 6.45) is 1.76. The first kappa shape index (κ1) is 19.2. The summed E-state index contributed by atoms with van der Waals surface area (Å²) in [5.74, 6) is 1.30. The Morgan fingerprint density at radius 3 is 2.50 bits per heavy atom. The first-order valence-electron chi connectivity index (χ1n) is 8.71. The molecule has 1 unspecified atom stereocenters. The Hall–Kier alpha value is -2.15. The van der Waals surface area contributed by atoms with E-state index in [1.807, 2.05) is 73.7 Å². The van der Waals surface area contributed by atoms with E-state index in [1.165, 1.54) is 11.8 Å². The Morgan fingerprint density at radius 2 is 1.79 bits per heavy atom. The van der Waals surface area contributed by atoms with Gasteiger partial charge in [-0.3, -0.25) is 9.69 Å². The minimum atomic E-state index is -0.116. The molecule has 2 aromatic carbocycles. The Kier molecular flexibility index (Phi) is 5.53. The van der Waals surface area contributed by atoms with Gasteiger partial charge < -0.3 is 4.42 Å². The average molecular weight is 470 g/mol. The molecule has 28 heavy (non-hydrogen) atoms. The van der Waals surface area contributed by atoms with Gasteiger partial charge in [-0.25, -0.2) is 0 Å². The van der Waals surface area contributed by atoms with Gasteiger partial charge >= 0.3 is 0 Å². The van der Waals surface area contributed by atoms with E-state index in [2.05, 4.69) is 15.9 Å². The number of furan rings is 1. The molecule has 0 bridgehead atoms. The van der Waals surface area contributed by atoms with E-state index in [9.17, 15) is 4.79 Å². The second kappa shape index (κ2) is 8.07. The van der Waals surface area contributed by atoms with Crippen molar-refractivity contribution >= 4 is 56.2 Å². The Labute approximate surface area is 181 Å². The molecule has 0 radical (unpaired) electrons. The third-order valence-electron chi connectivity index (χ3n) is 4.52. The first-order valence-corrected chi connectivity index (χ1v) is 10.7. The Bertz CT molecular complexity index is 1060. The molecular weight excluding hydrogens is 454 g/mol. The molecule has 0 aliphatic carbocycles. The molecule has 1 atom stereocenters. The maximum atomic E-state index is 13.0. The van der Waals surface area contributed by atoms with Gasteiger partial charge in [0.05, 0.1) is 10.9 Å². The van der Waals surface area contributed by atoms with E-state index in [0.29, 0.717) is 15.0 Å². The number of thiocarbonyl (C=S) groups is 1. The van der Waals surface area contributed by atoms with Gasteiger partial charge in [0.15, 0.2) is 0 Å². The van der Waals surface area contributed by atoms with Gasteiger partial charge in [-0.2, -0.15) is 0 Å². The lowest BCUT2D eigenvalue weighted by Gasteiger charge is -2.23. The molecule has 6 heteroatoms. The zero-order chi connectivity index (χ0) is 19.7. The van der Waals surface area contributed by atoms with Crippen molar-refractivity contribution in [3.8, 4) is 11.3 Å². The molecule has 140 valence electrons. The van der Waals surface area contributed by atoms with Crippen LogP contribution in [0.5, 0.6) is 0 Å². The van der Waals surface area contributed by atoms with Crippen molar-refractivity contribution in [3.63, 3.8) is 0 Å². The summed E-state index contributed by atoms with van der Waals surface area (Å²) < 4.78 is 7.49. The van der Waals surface area contributed by atoms with Crippen LogP contribution in [-0.4, -0.2) is 15.1 Å². The Morgan fingerprint density at radius 1 is 1.07 bits per heavy atom. The lowest BCUT2D eigenvalue weighted by molar-refractivity contribution is -0.123. The number of hydrogen-bond acceptors (Lipinski definition) is 4. The molecule has 1 amide bonds.